The lowest BCUT2D eigenvalue weighted by Gasteiger charge is -2.41. The van der Waals surface area contributed by atoms with Gasteiger partial charge in [0.25, 0.3) is 0 Å². The Morgan fingerprint density at radius 3 is 2.60 bits per heavy atom. The molecule has 1 fully saturated rings. The van der Waals surface area contributed by atoms with Crippen molar-refractivity contribution in [2.24, 2.45) is 17.6 Å². The fourth-order valence-corrected chi connectivity index (χ4v) is 2.49. The molecule has 1 heterocycles. The Bertz CT molecular complexity index is 179. The van der Waals surface area contributed by atoms with E-state index >= 15 is 0 Å². The summed E-state index contributed by atoms with van der Waals surface area (Å²) in [7, 11) is 0. The molecule has 0 amide bonds. The van der Waals surface area contributed by atoms with Gasteiger partial charge >= 0.3 is 0 Å². The minimum absolute atomic E-state index is 0.418. The van der Waals surface area contributed by atoms with E-state index in [0.29, 0.717) is 18.0 Å². The summed E-state index contributed by atoms with van der Waals surface area (Å²) in [6.07, 6.45) is 3.86. The van der Waals surface area contributed by atoms with Gasteiger partial charge in [0.1, 0.15) is 0 Å². The average Bonchev–Trinajstić information content (AvgIpc) is 2.18. The Hall–Kier alpha value is -0.0800. The summed E-state index contributed by atoms with van der Waals surface area (Å²) in [6, 6.07) is 1.09. The molecule has 0 aliphatic carbocycles. The number of piperidine rings is 1. The average molecular weight is 212 g/mol. The number of rotatable bonds is 4. The lowest BCUT2D eigenvalue weighted by molar-refractivity contribution is 0.0952. The molecule has 0 saturated carbocycles. The Morgan fingerprint density at radius 1 is 1.33 bits per heavy atom. The van der Waals surface area contributed by atoms with E-state index in [1.807, 2.05) is 0 Å². The van der Waals surface area contributed by atoms with Crippen LogP contribution in [0, 0.1) is 11.8 Å². The molecule has 0 aromatic heterocycles. The molecule has 0 spiro atoms. The normalized spacial score (nSPS) is 33.6. The highest BCUT2D eigenvalue weighted by Crippen LogP contribution is 2.22. The minimum atomic E-state index is 0.418. The van der Waals surface area contributed by atoms with Crippen LogP contribution in [0.4, 0.5) is 0 Å². The van der Waals surface area contributed by atoms with Crippen LogP contribution in [0.25, 0.3) is 0 Å². The first kappa shape index (κ1) is 13.0. The molecule has 0 radical (unpaired) electrons. The Kier molecular flexibility index (Phi) is 5.07. The first-order valence-electron chi connectivity index (χ1n) is 6.52. The number of nitrogens with two attached hydrogens (primary N) is 1. The topological polar surface area (TPSA) is 29.3 Å². The van der Waals surface area contributed by atoms with E-state index in [4.69, 9.17) is 5.73 Å². The van der Waals surface area contributed by atoms with Crippen LogP contribution in [-0.4, -0.2) is 30.1 Å². The second-order valence-electron chi connectivity index (χ2n) is 5.62. The van der Waals surface area contributed by atoms with Crippen molar-refractivity contribution in [3.8, 4) is 0 Å². The van der Waals surface area contributed by atoms with Crippen molar-refractivity contribution in [1.82, 2.24) is 4.90 Å². The van der Waals surface area contributed by atoms with Gasteiger partial charge in [-0.25, -0.2) is 0 Å². The highest BCUT2D eigenvalue weighted by molar-refractivity contribution is 4.86. The maximum atomic E-state index is 6.08. The highest BCUT2D eigenvalue weighted by atomic mass is 15.2. The van der Waals surface area contributed by atoms with Gasteiger partial charge in [-0.15, -0.1) is 0 Å². The lowest BCUT2D eigenvalue weighted by Crippen LogP contribution is -2.51. The van der Waals surface area contributed by atoms with Gasteiger partial charge in [0, 0.05) is 12.1 Å². The second kappa shape index (κ2) is 5.86. The quantitative estimate of drug-likeness (QED) is 0.776. The van der Waals surface area contributed by atoms with Crippen LogP contribution in [0.3, 0.4) is 0 Å². The molecular weight excluding hydrogens is 184 g/mol. The van der Waals surface area contributed by atoms with Crippen molar-refractivity contribution in [3.63, 3.8) is 0 Å². The van der Waals surface area contributed by atoms with Crippen molar-refractivity contribution >= 4 is 0 Å². The SMILES string of the molecule is CC(C)CCCN1CCC(N)C(C)C1C. The summed E-state index contributed by atoms with van der Waals surface area (Å²) < 4.78 is 0. The Balaban J connectivity index is 2.30. The van der Waals surface area contributed by atoms with Crippen LogP contribution in [-0.2, 0) is 0 Å². The van der Waals surface area contributed by atoms with E-state index in [1.165, 1.54) is 32.4 Å². The molecule has 3 unspecified atom stereocenters. The molecule has 0 bridgehead atoms. The molecule has 15 heavy (non-hydrogen) atoms. The van der Waals surface area contributed by atoms with E-state index in [-0.39, 0.29) is 0 Å². The maximum Gasteiger partial charge on any atom is 0.0107 e. The van der Waals surface area contributed by atoms with Crippen LogP contribution in [0.15, 0.2) is 0 Å². The van der Waals surface area contributed by atoms with E-state index in [0.717, 1.165) is 5.92 Å². The predicted octanol–water partition coefficient (Wildman–Crippen LogP) is 2.48. The second-order valence-corrected chi connectivity index (χ2v) is 5.62. The molecule has 1 rings (SSSR count). The van der Waals surface area contributed by atoms with Gasteiger partial charge < -0.3 is 10.6 Å². The summed E-state index contributed by atoms with van der Waals surface area (Å²) in [6.45, 7) is 11.7. The van der Waals surface area contributed by atoms with Crippen LogP contribution in [0.1, 0.15) is 47.0 Å². The molecule has 3 atom stereocenters. The summed E-state index contributed by atoms with van der Waals surface area (Å²) in [5.74, 6) is 1.49. The predicted molar refractivity (Wildman–Crippen MR) is 66.9 cm³/mol. The molecule has 1 aliphatic heterocycles. The third-order valence-corrected chi connectivity index (χ3v) is 3.99. The Morgan fingerprint density at radius 2 is 2.00 bits per heavy atom. The van der Waals surface area contributed by atoms with Gasteiger partial charge in [-0.3, -0.25) is 0 Å². The summed E-state index contributed by atoms with van der Waals surface area (Å²) >= 11 is 0. The van der Waals surface area contributed by atoms with Crippen LogP contribution in [0.5, 0.6) is 0 Å². The molecular formula is C13H28N2. The minimum Gasteiger partial charge on any atom is -0.327 e. The smallest absolute Gasteiger partial charge is 0.0107 e. The summed E-state index contributed by atoms with van der Waals surface area (Å²) in [5.41, 5.74) is 6.08. The van der Waals surface area contributed by atoms with E-state index < -0.39 is 0 Å². The van der Waals surface area contributed by atoms with Gasteiger partial charge in [-0.05, 0) is 51.1 Å². The fraction of sp³-hybridized carbons (Fsp3) is 1.00. The molecule has 1 saturated heterocycles. The summed E-state index contributed by atoms with van der Waals surface area (Å²) in [5, 5.41) is 0. The highest BCUT2D eigenvalue weighted by Gasteiger charge is 2.29. The van der Waals surface area contributed by atoms with E-state index in [9.17, 15) is 0 Å². The molecule has 90 valence electrons. The molecule has 1 aliphatic rings. The molecule has 0 aromatic rings. The van der Waals surface area contributed by atoms with Crippen LogP contribution in [0.2, 0.25) is 0 Å². The van der Waals surface area contributed by atoms with Crippen molar-refractivity contribution in [2.45, 2.75) is 59.0 Å². The standard InChI is InChI=1S/C13H28N2/c1-10(2)6-5-8-15-9-7-13(14)11(3)12(15)4/h10-13H,5-9,14H2,1-4H3. The van der Waals surface area contributed by atoms with Crippen LogP contribution >= 0.6 is 0 Å². The van der Waals surface area contributed by atoms with Gasteiger partial charge in [0.2, 0.25) is 0 Å². The number of nitrogens with zero attached hydrogens (tertiary/aromatic N) is 1. The van der Waals surface area contributed by atoms with Gasteiger partial charge in [-0.1, -0.05) is 20.8 Å². The van der Waals surface area contributed by atoms with Crippen molar-refractivity contribution in [1.29, 1.82) is 0 Å². The molecule has 2 heteroatoms. The zero-order valence-corrected chi connectivity index (χ0v) is 10.9. The maximum absolute atomic E-state index is 6.08. The first-order chi connectivity index (χ1) is 7.02. The van der Waals surface area contributed by atoms with E-state index in [1.54, 1.807) is 0 Å². The molecule has 0 aromatic carbocycles. The zero-order chi connectivity index (χ0) is 11.4. The third-order valence-electron chi connectivity index (χ3n) is 3.99. The lowest BCUT2D eigenvalue weighted by atomic mass is 9.87. The first-order valence-corrected chi connectivity index (χ1v) is 6.52. The van der Waals surface area contributed by atoms with Crippen LogP contribution < -0.4 is 5.73 Å². The van der Waals surface area contributed by atoms with Gasteiger partial charge in [0.15, 0.2) is 0 Å². The van der Waals surface area contributed by atoms with Crippen molar-refractivity contribution < 1.29 is 0 Å². The monoisotopic (exact) mass is 212 g/mol. The molecule has 2 nitrogen and oxygen atoms in total. The molecule has 2 N–H and O–H groups in total. The number of hydrogen-bond acceptors (Lipinski definition) is 2. The van der Waals surface area contributed by atoms with Crippen molar-refractivity contribution in [2.75, 3.05) is 13.1 Å². The van der Waals surface area contributed by atoms with E-state index in [2.05, 4.69) is 32.6 Å². The fourth-order valence-electron chi connectivity index (χ4n) is 2.49. The van der Waals surface area contributed by atoms with Gasteiger partial charge in [0.05, 0.1) is 0 Å². The zero-order valence-electron chi connectivity index (χ0n) is 10.9. The number of likely N-dealkylation sites (tertiary alicyclic amines) is 1. The Labute approximate surface area is 95.2 Å². The van der Waals surface area contributed by atoms with Gasteiger partial charge in [-0.2, -0.15) is 0 Å². The number of hydrogen-bond donors (Lipinski definition) is 1. The third kappa shape index (κ3) is 3.76. The largest absolute Gasteiger partial charge is 0.327 e. The summed E-state index contributed by atoms with van der Waals surface area (Å²) in [4.78, 5) is 2.62. The van der Waals surface area contributed by atoms with Crippen molar-refractivity contribution in [3.05, 3.63) is 0 Å².